The first-order valence-electron chi connectivity index (χ1n) is 17.3. The van der Waals surface area contributed by atoms with Crippen LogP contribution in [0.4, 0.5) is 22.2 Å². The largest absolute Gasteiger partial charge is 0.493 e. The van der Waals surface area contributed by atoms with Crippen molar-refractivity contribution in [1.82, 2.24) is 34.4 Å². The van der Waals surface area contributed by atoms with Crippen LogP contribution in [-0.2, 0) is 16.4 Å². The average Bonchev–Trinajstić information content (AvgIpc) is 3.90. The zero-order valence-corrected chi connectivity index (χ0v) is 29.9. The van der Waals surface area contributed by atoms with E-state index < -0.39 is 52.1 Å². The van der Waals surface area contributed by atoms with Crippen molar-refractivity contribution in [2.75, 3.05) is 35.2 Å². The third kappa shape index (κ3) is 7.33. The molecule has 286 valence electrons. The first kappa shape index (κ1) is 36.8. The summed E-state index contributed by atoms with van der Waals surface area (Å²) in [5.41, 5.74) is 1.63. The van der Waals surface area contributed by atoms with Gasteiger partial charge in [0.1, 0.15) is 12.2 Å². The Kier molecular flexibility index (Phi) is 10.0. The number of aromatic hydroxyl groups is 1. The number of imidazole rings is 2. The second-order valence-electron chi connectivity index (χ2n) is 13.6. The molecular weight excluding hydrogens is 723 g/mol. The lowest BCUT2D eigenvalue weighted by atomic mass is 10.1. The van der Waals surface area contributed by atoms with Gasteiger partial charge in [0.05, 0.1) is 41.6 Å². The van der Waals surface area contributed by atoms with Crippen molar-refractivity contribution < 1.29 is 33.6 Å². The van der Waals surface area contributed by atoms with Crippen LogP contribution in [0, 0.1) is 6.92 Å². The molecule has 0 unspecified atom stereocenters. The number of aryl methyl sites for hydroxylation is 1. The number of aliphatic hydroxyl groups is 3. The van der Waals surface area contributed by atoms with Crippen LogP contribution in [0.1, 0.15) is 36.2 Å². The topological polar surface area (TPSA) is 279 Å². The number of anilines is 3. The molecule has 0 bridgehead atoms. The number of hydrogen-bond acceptors (Lipinski definition) is 13. The van der Waals surface area contributed by atoms with Crippen molar-refractivity contribution in [3.8, 4) is 5.88 Å². The van der Waals surface area contributed by atoms with Gasteiger partial charge in [0.15, 0.2) is 17.0 Å². The molecule has 0 radical (unpaired) electrons. The standard InChI is InChI=1S/C34H41N11O8S/c1-18-31(49)45(34(51)37-18)25-14-24(27(47)28(25)48)44-17-36-26-29(38-22(16-46)13-19-5-3-2-4-6-19)41-32(42-30(26)44)43-12-11-21(15-43)40-33(50)39-20-7-9-23(10-8-20)54(35,52)53/h2-10,17,21-22,24-25,27-28,46-49H,11-16H2,1H3,(H,37,51)(H2,35,52,53)(H,38,41,42)(H2,39,40,50)/t21-,22+,24-,25+,27+,28-/m1/s1. The van der Waals surface area contributed by atoms with Gasteiger partial charge in [-0.1, -0.05) is 30.3 Å². The summed E-state index contributed by atoms with van der Waals surface area (Å²) in [6.07, 6.45) is -0.221. The third-order valence-electron chi connectivity index (χ3n) is 9.93. The van der Waals surface area contributed by atoms with Gasteiger partial charge < -0.3 is 50.8 Å². The number of aromatic nitrogens is 6. The molecule has 2 aliphatic rings. The number of H-pyrrole nitrogens is 1. The van der Waals surface area contributed by atoms with E-state index in [1.807, 2.05) is 35.2 Å². The van der Waals surface area contributed by atoms with Crippen LogP contribution < -0.4 is 31.7 Å². The minimum Gasteiger partial charge on any atom is -0.493 e. The Morgan fingerprint density at radius 2 is 1.80 bits per heavy atom. The van der Waals surface area contributed by atoms with E-state index in [9.17, 15) is 38.4 Å². The van der Waals surface area contributed by atoms with Crippen molar-refractivity contribution in [3.63, 3.8) is 0 Å². The molecule has 5 aromatic rings. The monoisotopic (exact) mass is 763 g/mol. The van der Waals surface area contributed by atoms with Crippen LogP contribution >= 0.6 is 0 Å². The number of nitrogens with one attached hydrogen (secondary N) is 4. The van der Waals surface area contributed by atoms with Crippen LogP contribution in [-0.4, -0.2) is 108 Å². The predicted molar refractivity (Wildman–Crippen MR) is 197 cm³/mol. The fourth-order valence-electron chi connectivity index (χ4n) is 7.16. The molecule has 1 saturated carbocycles. The molecule has 2 amide bonds. The second kappa shape index (κ2) is 14.7. The number of fused-ring (bicyclic) bond motifs is 1. The molecule has 1 aliphatic heterocycles. The summed E-state index contributed by atoms with van der Waals surface area (Å²) in [5, 5.41) is 57.4. The number of nitrogens with two attached hydrogens (primary N) is 1. The zero-order chi connectivity index (χ0) is 38.3. The van der Waals surface area contributed by atoms with Crippen LogP contribution in [0.15, 0.2) is 70.6 Å². The van der Waals surface area contributed by atoms with E-state index in [2.05, 4.69) is 25.9 Å². The lowest BCUT2D eigenvalue weighted by molar-refractivity contribution is 0.00761. The average molecular weight is 764 g/mol. The fourth-order valence-corrected chi connectivity index (χ4v) is 7.68. The number of primary sulfonamides is 1. The van der Waals surface area contributed by atoms with E-state index in [-0.39, 0.29) is 41.5 Å². The van der Waals surface area contributed by atoms with Gasteiger partial charge >= 0.3 is 11.7 Å². The van der Waals surface area contributed by atoms with Crippen molar-refractivity contribution in [2.24, 2.45) is 5.14 Å². The SMILES string of the molecule is Cc1[nH]c(=O)n([C@H]2C[C@@H](n3cnc4c(N[C@H](CO)Cc5ccccc5)nc(N5CC[C@@H](NC(=O)Nc6ccc(S(N)(=O)=O)cc6)C5)nc43)[C@H](O)[C@@H]2O)c1O. The molecule has 3 aromatic heterocycles. The Balaban J connectivity index is 1.16. The first-order chi connectivity index (χ1) is 25.8. The molecule has 0 spiro atoms. The maximum Gasteiger partial charge on any atom is 0.328 e. The first-order valence-corrected chi connectivity index (χ1v) is 18.8. The van der Waals surface area contributed by atoms with Crippen LogP contribution in [0.3, 0.4) is 0 Å². The summed E-state index contributed by atoms with van der Waals surface area (Å²) in [4.78, 5) is 44.1. The smallest absolute Gasteiger partial charge is 0.328 e. The summed E-state index contributed by atoms with van der Waals surface area (Å²) < 4.78 is 25.8. The lowest BCUT2D eigenvalue weighted by Crippen LogP contribution is -2.40. The summed E-state index contributed by atoms with van der Waals surface area (Å²) in [7, 11) is -3.88. The Hall–Kier alpha value is -5.54. The van der Waals surface area contributed by atoms with E-state index in [0.717, 1.165) is 10.1 Å². The van der Waals surface area contributed by atoms with Gasteiger partial charge in [0.25, 0.3) is 0 Å². The fraction of sp³-hybridized carbons (Fsp3) is 0.382. The summed E-state index contributed by atoms with van der Waals surface area (Å²) in [6, 6.07) is 12.0. The van der Waals surface area contributed by atoms with Crippen LogP contribution in [0.25, 0.3) is 11.2 Å². The van der Waals surface area contributed by atoms with Crippen LogP contribution in [0.5, 0.6) is 5.88 Å². The van der Waals surface area contributed by atoms with Gasteiger partial charge in [0.2, 0.25) is 21.9 Å². The van der Waals surface area contributed by atoms with Crippen molar-refractivity contribution in [3.05, 3.63) is 82.7 Å². The molecule has 7 rings (SSSR count). The zero-order valence-electron chi connectivity index (χ0n) is 29.1. The van der Waals surface area contributed by atoms with E-state index in [0.29, 0.717) is 48.6 Å². The molecule has 19 nitrogen and oxygen atoms in total. The molecule has 2 fully saturated rings. The molecule has 6 atom stereocenters. The Bertz CT molecular complexity index is 2310. The maximum atomic E-state index is 12.9. The van der Waals surface area contributed by atoms with Gasteiger partial charge in [-0.25, -0.2) is 28.1 Å². The van der Waals surface area contributed by atoms with Gasteiger partial charge in [-0.2, -0.15) is 9.97 Å². The number of benzene rings is 2. The highest BCUT2D eigenvalue weighted by molar-refractivity contribution is 7.89. The number of carbonyl (C=O) groups excluding carboxylic acids is 1. The summed E-state index contributed by atoms with van der Waals surface area (Å²) in [5.74, 6) is 0.273. The highest BCUT2D eigenvalue weighted by Crippen LogP contribution is 2.41. The molecule has 1 saturated heterocycles. The Labute approximate surface area is 308 Å². The number of rotatable bonds is 11. The normalized spacial score (nSPS) is 22.1. The minimum atomic E-state index is -3.88. The van der Waals surface area contributed by atoms with E-state index in [4.69, 9.17) is 15.1 Å². The minimum absolute atomic E-state index is 0.0590. The van der Waals surface area contributed by atoms with Gasteiger partial charge in [0, 0.05) is 24.8 Å². The number of amides is 2. The molecule has 10 N–H and O–H groups in total. The molecule has 1 aliphatic carbocycles. The number of aliphatic hydroxyl groups excluding tert-OH is 3. The highest BCUT2D eigenvalue weighted by atomic mass is 32.2. The number of urea groups is 1. The molecular formula is C34H41N11O8S. The second-order valence-corrected chi connectivity index (χ2v) is 15.2. The third-order valence-corrected chi connectivity index (χ3v) is 10.9. The maximum absolute atomic E-state index is 12.9. The number of aromatic amines is 1. The quantitative estimate of drug-likeness (QED) is 0.0877. The number of carbonyl (C=O) groups is 1. The summed E-state index contributed by atoms with van der Waals surface area (Å²) in [6.45, 7) is 2.09. The summed E-state index contributed by atoms with van der Waals surface area (Å²) >= 11 is 0. The Morgan fingerprint density at radius 3 is 2.46 bits per heavy atom. The van der Waals surface area contributed by atoms with E-state index >= 15 is 0 Å². The molecule has 4 heterocycles. The van der Waals surface area contributed by atoms with Gasteiger partial charge in [-0.15, -0.1) is 0 Å². The van der Waals surface area contributed by atoms with Crippen molar-refractivity contribution >= 4 is 44.7 Å². The Morgan fingerprint density at radius 1 is 1.07 bits per heavy atom. The molecule has 54 heavy (non-hydrogen) atoms. The predicted octanol–water partition coefficient (Wildman–Crippen LogP) is 0.301. The number of sulfonamides is 1. The molecule has 2 aromatic carbocycles. The van der Waals surface area contributed by atoms with Crippen LogP contribution in [0.2, 0.25) is 0 Å². The van der Waals surface area contributed by atoms with Gasteiger partial charge in [-0.05, 0) is 56.0 Å². The van der Waals surface area contributed by atoms with Crippen molar-refractivity contribution in [1.29, 1.82) is 0 Å². The number of nitrogens with zero attached hydrogens (tertiary/aromatic N) is 6. The van der Waals surface area contributed by atoms with E-state index in [1.165, 1.54) is 37.5 Å². The van der Waals surface area contributed by atoms with Crippen molar-refractivity contribution in [2.45, 2.75) is 67.5 Å². The van der Waals surface area contributed by atoms with E-state index in [1.54, 1.807) is 4.57 Å². The highest BCUT2D eigenvalue weighted by Gasteiger charge is 2.46. The molecule has 20 heteroatoms. The number of hydrogen-bond donors (Lipinski definition) is 9. The lowest BCUT2D eigenvalue weighted by Gasteiger charge is -2.22. The van der Waals surface area contributed by atoms with Gasteiger partial charge in [-0.3, -0.25) is 4.57 Å².